The highest BCUT2D eigenvalue weighted by Gasteiger charge is 2.20. The highest BCUT2D eigenvalue weighted by molar-refractivity contribution is 6.06. The number of hydrogen-bond acceptors (Lipinski definition) is 5. The molecule has 0 fully saturated rings. The number of hydrogen-bond donors (Lipinski definition) is 1. The minimum Gasteiger partial charge on any atom is -0.497 e. The second-order valence-corrected chi connectivity index (χ2v) is 6.66. The molecule has 1 N–H and O–H groups in total. The van der Waals surface area contributed by atoms with Crippen LogP contribution in [0.3, 0.4) is 0 Å². The molecule has 0 atom stereocenters. The Bertz CT molecular complexity index is 863. The van der Waals surface area contributed by atoms with Crippen LogP contribution in [0.15, 0.2) is 36.4 Å². The van der Waals surface area contributed by atoms with Crippen LogP contribution < -0.4 is 14.8 Å². The number of carbonyl (C=O) groups excluding carboxylic acids is 2. The maximum atomic E-state index is 12.5. The molecule has 142 valence electrons. The molecule has 0 saturated heterocycles. The van der Waals surface area contributed by atoms with Crippen LogP contribution in [0, 0.1) is 0 Å². The van der Waals surface area contributed by atoms with Crippen molar-refractivity contribution in [3.8, 4) is 11.5 Å². The first-order valence-electron chi connectivity index (χ1n) is 8.86. The Balaban J connectivity index is 1.72. The second kappa shape index (κ2) is 8.22. The number of amides is 2. The van der Waals surface area contributed by atoms with Crippen molar-refractivity contribution in [1.82, 2.24) is 10.2 Å². The number of rotatable bonds is 5. The summed E-state index contributed by atoms with van der Waals surface area (Å²) in [7, 11) is 5.10. The van der Waals surface area contributed by atoms with E-state index in [1.807, 2.05) is 12.1 Å². The number of nitrogens with one attached hydrogen (secondary N) is 1. The largest absolute Gasteiger partial charge is 0.497 e. The fourth-order valence-electron chi connectivity index (χ4n) is 3.39. The number of likely N-dealkylation sites (N-methyl/N-ethyl adjacent to an activating group) is 1. The van der Waals surface area contributed by atoms with Crippen molar-refractivity contribution in [1.29, 1.82) is 0 Å². The van der Waals surface area contributed by atoms with E-state index in [-0.39, 0.29) is 12.3 Å². The fraction of sp³-hybridized carbons (Fsp3) is 0.333. The van der Waals surface area contributed by atoms with Crippen LogP contribution in [0.25, 0.3) is 0 Å². The molecule has 2 aromatic carbocycles. The molecule has 0 aromatic heterocycles. The predicted molar refractivity (Wildman–Crippen MR) is 102 cm³/mol. The zero-order valence-electron chi connectivity index (χ0n) is 15.9. The quantitative estimate of drug-likeness (QED) is 0.876. The maximum absolute atomic E-state index is 12.5. The van der Waals surface area contributed by atoms with Crippen LogP contribution in [0.1, 0.15) is 27.0 Å². The van der Waals surface area contributed by atoms with Gasteiger partial charge in [0.2, 0.25) is 5.91 Å². The first-order chi connectivity index (χ1) is 13.0. The van der Waals surface area contributed by atoms with Crippen molar-refractivity contribution in [2.45, 2.75) is 19.4 Å². The highest BCUT2D eigenvalue weighted by atomic mass is 16.5. The van der Waals surface area contributed by atoms with Gasteiger partial charge in [0.15, 0.2) is 0 Å². The summed E-state index contributed by atoms with van der Waals surface area (Å²) >= 11 is 0. The van der Waals surface area contributed by atoms with Crippen molar-refractivity contribution < 1.29 is 19.1 Å². The lowest BCUT2D eigenvalue weighted by molar-refractivity contribution is -0.119. The van der Waals surface area contributed by atoms with E-state index in [1.54, 1.807) is 18.2 Å². The molecule has 2 amide bonds. The highest BCUT2D eigenvalue weighted by Crippen LogP contribution is 2.25. The molecule has 0 unspecified atom stereocenters. The van der Waals surface area contributed by atoms with Crippen LogP contribution in [-0.4, -0.2) is 44.5 Å². The number of carbonyl (C=O) groups is 2. The van der Waals surface area contributed by atoms with Gasteiger partial charge in [-0.05, 0) is 42.3 Å². The summed E-state index contributed by atoms with van der Waals surface area (Å²) in [5.74, 6) is 0.129. The number of imide groups is 1. The molecule has 0 aliphatic carbocycles. The average molecular weight is 368 g/mol. The summed E-state index contributed by atoms with van der Waals surface area (Å²) in [6.07, 6.45) is 1.09. The SMILES string of the molecule is COc1ccc(C(=O)NC(=O)Cc2cccc3c2CCN(C)C3)c(OC)c1. The molecule has 1 aliphatic heterocycles. The van der Waals surface area contributed by atoms with Gasteiger partial charge in [0, 0.05) is 19.2 Å². The standard InChI is InChI=1S/C21H24N2O4/c1-23-10-9-17-14(5-4-6-15(17)13-23)11-20(24)22-21(25)18-8-7-16(26-2)12-19(18)27-3/h4-8,12H,9-11,13H2,1-3H3,(H,22,24,25). The Labute approximate surface area is 159 Å². The van der Waals surface area contributed by atoms with Crippen LogP contribution in [0.2, 0.25) is 0 Å². The zero-order chi connectivity index (χ0) is 19.4. The van der Waals surface area contributed by atoms with Gasteiger partial charge in [-0.2, -0.15) is 0 Å². The summed E-state index contributed by atoms with van der Waals surface area (Å²) < 4.78 is 10.4. The van der Waals surface area contributed by atoms with Gasteiger partial charge in [-0.3, -0.25) is 14.9 Å². The zero-order valence-corrected chi connectivity index (χ0v) is 15.9. The lowest BCUT2D eigenvalue weighted by atomic mass is 9.93. The van der Waals surface area contributed by atoms with E-state index >= 15 is 0 Å². The number of nitrogens with zero attached hydrogens (tertiary/aromatic N) is 1. The summed E-state index contributed by atoms with van der Waals surface area (Å²) in [4.78, 5) is 27.2. The van der Waals surface area contributed by atoms with Gasteiger partial charge < -0.3 is 14.4 Å². The summed E-state index contributed by atoms with van der Waals surface area (Å²) in [6.45, 7) is 1.85. The van der Waals surface area contributed by atoms with Gasteiger partial charge in [-0.25, -0.2) is 0 Å². The van der Waals surface area contributed by atoms with Gasteiger partial charge >= 0.3 is 0 Å². The fourth-order valence-corrected chi connectivity index (χ4v) is 3.39. The van der Waals surface area contributed by atoms with E-state index in [0.717, 1.165) is 25.1 Å². The summed E-state index contributed by atoms with van der Waals surface area (Å²) in [6, 6.07) is 10.9. The van der Waals surface area contributed by atoms with E-state index in [9.17, 15) is 9.59 Å². The molecule has 0 spiro atoms. The van der Waals surface area contributed by atoms with Gasteiger partial charge in [-0.15, -0.1) is 0 Å². The Hall–Kier alpha value is -2.86. The van der Waals surface area contributed by atoms with E-state index < -0.39 is 5.91 Å². The van der Waals surface area contributed by atoms with Crippen LogP contribution in [-0.2, 0) is 24.2 Å². The first kappa shape index (κ1) is 18.9. The smallest absolute Gasteiger partial charge is 0.261 e. The maximum Gasteiger partial charge on any atom is 0.261 e. The Morgan fingerprint density at radius 3 is 2.70 bits per heavy atom. The molecular formula is C21H24N2O4. The minimum absolute atomic E-state index is 0.178. The predicted octanol–water partition coefficient (Wildman–Crippen LogP) is 2.19. The van der Waals surface area contributed by atoms with E-state index in [1.165, 1.54) is 25.3 Å². The monoisotopic (exact) mass is 368 g/mol. The molecule has 6 heteroatoms. The molecule has 0 radical (unpaired) electrons. The lowest BCUT2D eigenvalue weighted by Crippen LogP contribution is -2.33. The normalized spacial score (nSPS) is 13.6. The third-order valence-electron chi connectivity index (χ3n) is 4.81. The molecule has 1 heterocycles. The van der Waals surface area contributed by atoms with Crippen molar-refractivity contribution in [2.24, 2.45) is 0 Å². The number of methoxy groups -OCH3 is 2. The van der Waals surface area contributed by atoms with Crippen LogP contribution in [0.5, 0.6) is 11.5 Å². The van der Waals surface area contributed by atoms with Crippen molar-refractivity contribution in [2.75, 3.05) is 27.8 Å². The second-order valence-electron chi connectivity index (χ2n) is 6.66. The topological polar surface area (TPSA) is 67.9 Å². The summed E-state index contributed by atoms with van der Waals surface area (Å²) in [5, 5.41) is 2.46. The molecular weight excluding hydrogens is 344 g/mol. The lowest BCUT2D eigenvalue weighted by Gasteiger charge is -2.26. The summed E-state index contributed by atoms with van der Waals surface area (Å²) in [5.41, 5.74) is 3.74. The molecule has 1 aliphatic rings. The van der Waals surface area contributed by atoms with Crippen LogP contribution in [0.4, 0.5) is 0 Å². The van der Waals surface area contributed by atoms with E-state index in [0.29, 0.717) is 17.1 Å². The van der Waals surface area contributed by atoms with Crippen molar-refractivity contribution in [3.63, 3.8) is 0 Å². The molecule has 0 saturated carbocycles. The first-order valence-corrected chi connectivity index (χ1v) is 8.86. The molecule has 0 bridgehead atoms. The molecule has 6 nitrogen and oxygen atoms in total. The molecule has 27 heavy (non-hydrogen) atoms. The van der Waals surface area contributed by atoms with Gasteiger partial charge in [0.25, 0.3) is 5.91 Å². The van der Waals surface area contributed by atoms with Crippen molar-refractivity contribution in [3.05, 3.63) is 58.7 Å². The number of fused-ring (bicyclic) bond motifs is 1. The Morgan fingerprint density at radius 2 is 1.96 bits per heavy atom. The van der Waals surface area contributed by atoms with Crippen molar-refractivity contribution >= 4 is 11.8 Å². The molecule has 2 aromatic rings. The van der Waals surface area contributed by atoms with Gasteiger partial charge in [-0.1, -0.05) is 18.2 Å². The van der Waals surface area contributed by atoms with E-state index in [4.69, 9.17) is 9.47 Å². The average Bonchev–Trinajstić information content (AvgIpc) is 2.67. The minimum atomic E-state index is -0.482. The van der Waals surface area contributed by atoms with E-state index in [2.05, 4.69) is 23.3 Å². The van der Waals surface area contributed by atoms with Gasteiger partial charge in [0.05, 0.1) is 26.2 Å². The third kappa shape index (κ3) is 4.28. The van der Waals surface area contributed by atoms with Crippen LogP contribution >= 0.6 is 0 Å². The Kier molecular flexibility index (Phi) is 5.76. The molecule has 3 rings (SSSR count). The third-order valence-corrected chi connectivity index (χ3v) is 4.81. The number of benzene rings is 2. The van der Waals surface area contributed by atoms with Gasteiger partial charge in [0.1, 0.15) is 11.5 Å². The Morgan fingerprint density at radius 1 is 1.15 bits per heavy atom. The number of ether oxygens (including phenoxy) is 2.